The lowest BCUT2D eigenvalue weighted by Crippen LogP contribution is -2.07. The van der Waals surface area contributed by atoms with Gasteiger partial charge in [-0.3, -0.25) is 0 Å². The topological polar surface area (TPSA) is 65.2 Å². The maximum absolute atomic E-state index is 8.71. The SMILES string of the molecule is CN(C)C=Nc1ncc(Cl)nc1C#N. The summed E-state index contributed by atoms with van der Waals surface area (Å²) in [6, 6.07) is 1.87. The van der Waals surface area contributed by atoms with Crippen LogP contribution in [-0.4, -0.2) is 35.3 Å². The van der Waals surface area contributed by atoms with E-state index >= 15 is 0 Å². The quantitative estimate of drug-likeness (QED) is 0.543. The molecule has 0 radical (unpaired) electrons. The first-order valence-corrected chi connectivity index (χ1v) is 4.14. The molecule has 0 saturated carbocycles. The van der Waals surface area contributed by atoms with Crippen LogP contribution in [0.4, 0.5) is 5.82 Å². The highest BCUT2D eigenvalue weighted by Crippen LogP contribution is 2.14. The summed E-state index contributed by atoms with van der Waals surface area (Å²) in [7, 11) is 3.64. The van der Waals surface area contributed by atoms with E-state index in [2.05, 4.69) is 15.0 Å². The van der Waals surface area contributed by atoms with E-state index in [1.54, 1.807) is 11.2 Å². The smallest absolute Gasteiger partial charge is 0.190 e. The fraction of sp³-hybridized carbons (Fsp3) is 0.250. The average molecular weight is 210 g/mol. The van der Waals surface area contributed by atoms with Crippen LogP contribution in [0.25, 0.3) is 0 Å². The van der Waals surface area contributed by atoms with Gasteiger partial charge in [0.15, 0.2) is 11.5 Å². The summed E-state index contributed by atoms with van der Waals surface area (Å²) in [4.78, 5) is 13.4. The molecule has 0 saturated heterocycles. The molecule has 0 atom stereocenters. The fourth-order valence-corrected chi connectivity index (χ4v) is 0.834. The molecule has 0 spiro atoms. The van der Waals surface area contributed by atoms with Crippen molar-refractivity contribution in [2.75, 3.05) is 14.1 Å². The summed E-state index contributed by atoms with van der Waals surface area (Å²) in [5, 5.41) is 8.89. The van der Waals surface area contributed by atoms with Gasteiger partial charge in [-0.2, -0.15) is 5.26 Å². The molecule has 0 fully saturated rings. The molecule has 1 aromatic heterocycles. The summed E-state index contributed by atoms with van der Waals surface area (Å²) < 4.78 is 0. The van der Waals surface area contributed by atoms with E-state index < -0.39 is 0 Å². The van der Waals surface area contributed by atoms with Crippen molar-refractivity contribution in [1.29, 1.82) is 5.26 Å². The Morgan fingerprint density at radius 2 is 2.36 bits per heavy atom. The minimum Gasteiger partial charge on any atom is -0.369 e. The van der Waals surface area contributed by atoms with Crippen LogP contribution in [0.5, 0.6) is 0 Å². The van der Waals surface area contributed by atoms with Gasteiger partial charge in [0.25, 0.3) is 0 Å². The van der Waals surface area contributed by atoms with Crippen molar-refractivity contribution in [3.8, 4) is 6.07 Å². The van der Waals surface area contributed by atoms with E-state index in [-0.39, 0.29) is 16.7 Å². The van der Waals surface area contributed by atoms with Crippen molar-refractivity contribution in [3.05, 3.63) is 17.0 Å². The van der Waals surface area contributed by atoms with Crippen LogP contribution < -0.4 is 0 Å². The normalized spacial score (nSPS) is 10.1. The molecule has 0 aliphatic carbocycles. The van der Waals surface area contributed by atoms with E-state index in [9.17, 15) is 0 Å². The number of hydrogen-bond acceptors (Lipinski definition) is 4. The Kier molecular flexibility index (Phi) is 3.37. The first-order chi connectivity index (χ1) is 6.63. The van der Waals surface area contributed by atoms with E-state index in [0.717, 1.165) is 0 Å². The van der Waals surface area contributed by atoms with E-state index in [1.807, 2.05) is 20.2 Å². The van der Waals surface area contributed by atoms with Crippen molar-refractivity contribution < 1.29 is 0 Å². The Balaban J connectivity index is 3.04. The zero-order valence-corrected chi connectivity index (χ0v) is 8.52. The number of aliphatic imine (C=N–C) groups is 1. The van der Waals surface area contributed by atoms with Gasteiger partial charge in [-0.15, -0.1) is 0 Å². The Morgan fingerprint density at radius 1 is 1.64 bits per heavy atom. The molecule has 0 aliphatic heterocycles. The second kappa shape index (κ2) is 4.53. The molecule has 0 bridgehead atoms. The number of nitriles is 1. The van der Waals surface area contributed by atoms with Crippen molar-refractivity contribution >= 4 is 23.8 Å². The second-order valence-corrected chi connectivity index (χ2v) is 3.07. The molecule has 0 N–H and O–H groups in total. The number of halogens is 1. The first-order valence-electron chi connectivity index (χ1n) is 3.76. The number of nitrogens with zero attached hydrogens (tertiary/aromatic N) is 5. The maximum atomic E-state index is 8.71. The first kappa shape index (κ1) is 10.4. The zero-order chi connectivity index (χ0) is 10.6. The molecule has 1 rings (SSSR count). The molecule has 72 valence electrons. The van der Waals surface area contributed by atoms with E-state index in [0.29, 0.717) is 0 Å². The average Bonchev–Trinajstić information content (AvgIpc) is 2.15. The van der Waals surface area contributed by atoms with Crippen LogP contribution >= 0.6 is 11.6 Å². The Labute approximate surface area is 86.7 Å². The van der Waals surface area contributed by atoms with Crippen LogP contribution in [0.15, 0.2) is 11.2 Å². The van der Waals surface area contributed by atoms with Crippen molar-refractivity contribution in [3.63, 3.8) is 0 Å². The van der Waals surface area contributed by atoms with E-state index in [1.165, 1.54) is 6.20 Å². The predicted octanol–water partition coefficient (Wildman–Crippen LogP) is 1.22. The number of rotatable bonds is 2. The summed E-state index contributed by atoms with van der Waals surface area (Å²) in [5.74, 6) is 0.269. The minimum atomic E-state index is 0.121. The third-order valence-electron chi connectivity index (χ3n) is 1.24. The molecular formula is C8H8ClN5. The molecule has 6 heteroatoms. The van der Waals surface area contributed by atoms with Gasteiger partial charge in [0.05, 0.1) is 12.5 Å². The standard InChI is InChI=1S/C8H8ClN5/c1-14(2)5-12-8-6(3-10)13-7(9)4-11-8/h4-5H,1-2H3. The van der Waals surface area contributed by atoms with Gasteiger partial charge in [0.2, 0.25) is 0 Å². The fourth-order valence-electron chi connectivity index (χ4n) is 0.701. The highest BCUT2D eigenvalue weighted by molar-refractivity contribution is 6.29. The lowest BCUT2D eigenvalue weighted by molar-refractivity contribution is 0.643. The Morgan fingerprint density at radius 3 is 2.93 bits per heavy atom. The molecule has 0 amide bonds. The molecule has 1 aromatic rings. The Bertz CT molecular complexity index is 393. The second-order valence-electron chi connectivity index (χ2n) is 2.68. The van der Waals surface area contributed by atoms with Gasteiger partial charge in [0.1, 0.15) is 11.2 Å². The third-order valence-corrected chi connectivity index (χ3v) is 1.42. The summed E-state index contributed by atoms with van der Waals surface area (Å²) >= 11 is 5.57. The largest absolute Gasteiger partial charge is 0.369 e. The molecule has 5 nitrogen and oxygen atoms in total. The molecular weight excluding hydrogens is 202 g/mol. The highest BCUT2D eigenvalue weighted by Gasteiger charge is 2.03. The number of hydrogen-bond donors (Lipinski definition) is 0. The molecule has 0 aromatic carbocycles. The lowest BCUT2D eigenvalue weighted by atomic mass is 10.4. The summed E-state index contributed by atoms with van der Waals surface area (Å²) in [6.45, 7) is 0. The Hall–Kier alpha value is -1.67. The summed E-state index contributed by atoms with van der Waals surface area (Å²) in [6.07, 6.45) is 2.89. The van der Waals surface area contributed by atoms with Crippen LogP contribution in [0.3, 0.4) is 0 Å². The van der Waals surface area contributed by atoms with Gasteiger partial charge >= 0.3 is 0 Å². The minimum absolute atomic E-state index is 0.121. The van der Waals surface area contributed by atoms with Crippen LogP contribution in [0, 0.1) is 11.3 Å². The molecule has 0 unspecified atom stereocenters. The predicted molar refractivity (Wildman–Crippen MR) is 53.6 cm³/mol. The lowest BCUT2D eigenvalue weighted by Gasteiger charge is -2.02. The third kappa shape index (κ3) is 2.68. The van der Waals surface area contributed by atoms with Gasteiger partial charge in [-0.05, 0) is 0 Å². The van der Waals surface area contributed by atoms with Gasteiger partial charge in [-0.25, -0.2) is 15.0 Å². The molecule has 14 heavy (non-hydrogen) atoms. The van der Waals surface area contributed by atoms with Crippen LogP contribution in [0.1, 0.15) is 5.69 Å². The van der Waals surface area contributed by atoms with Gasteiger partial charge in [0, 0.05) is 14.1 Å². The van der Waals surface area contributed by atoms with Crippen LogP contribution in [0.2, 0.25) is 5.15 Å². The van der Waals surface area contributed by atoms with Gasteiger partial charge in [-0.1, -0.05) is 11.6 Å². The maximum Gasteiger partial charge on any atom is 0.190 e. The van der Waals surface area contributed by atoms with Crippen molar-refractivity contribution in [2.45, 2.75) is 0 Å². The summed E-state index contributed by atoms with van der Waals surface area (Å²) in [5.41, 5.74) is 0.121. The van der Waals surface area contributed by atoms with Crippen molar-refractivity contribution in [2.24, 2.45) is 4.99 Å². The zero-order valence-electron chi connectivity index (χ0n) is 7.77. The molecule has 0 aliphatic rings. The monoisotopic (exact) mass is 209 g/mol. The number of aromatic nitrogens is 2. The highest BCUT2D eigenvalue weighted by atomic mass is 35.5. The van der Waals surface area contributed by atoms with Crippen molar-refractivity contribution in [1.82, 2.24) is 14.9 Å². The van der Waals surface area contributed by atoms with Crippen LogP contribution in [-0.2, 0) is 0 Å². The van der Waals surface area contributed by atoms with Gasteiger partial charge < -0.3 is 4.90 Å². The molecule has 1 heterocycles. The van der Waals surface area contributed by atoms with E-state index in [4.69, 9.17) is 16.9 Å².